The van der Waals surface area contributed by atoms with Crippen LogP contribution in [0, 0.1) is 23.7 Å². The van der Waals surface area contributed by atoms with E-state index in [1.54, 1.807) is 0 Å². The van der Waals surface area contributed by atoms with Crippen molar-refractivity contribution in [2.24, 2.45) is 23.7 Å². The van der Waals surface area contributed by atoms with Crippen LogP contribution in [0.1, 0.15) is 19.3 Å². The highest BCUT2D eigenvalue weighted by atomic mass is 79.9. The molecular weight excluding hydrogens is 322 g/mol. The molecule has 0 unspecified atom stereocenters. The van der Waals surface area contributed by atoms with Gasteiger partial charge in [-0.05, 0) is 55.4 Å². The number of hydrogen-bond acceptors (Lipinski definition) is 2. The molecule has 4 atom stereocenters. The van der Waals surface area contributed by atoms with Crippen LogP contribution in [0.2, 0.25) is 0 Å². The van der Waals surface area contributed by atoms with E-state index in [1.165, 1.54) is 0 Å². The molecule has 2 N–H and O–H groups in total. The summed E-state index contributed by atoms with van der Waals surface area (Å²) in [5, 5.41) is 12.2. The normalized spacial score (nSPS) is 31.2. The van der Waals surface area contributed by atoms with Gasteiger partial charge in [0.15, 0.2) is 0 Å². The van der Waals surface area contributed by atoms with Gasteiger partial charge in [0, 0.05) is 10.2 Å². The van der Waals surface area contributed by atoms with E-state index in [1.807, 2.05) is 24.3 Å². The summed E-state index contributed by atoms with van der Waals surface area (Å²) in [5.41, 5.74) is 0.713. The van der Waals surface area contributed by atoms with Gasteiger partial charge in [0.05, 0.1) is 11.8 Å². The number of carbonyl (C=O) groups excluding carboxylic acids is 1. The lowest BCUT2D eigenvalue weighted by atomic mass is 9.78. The number of fused-ring (bicyclic) bond motifs is 2. The Labute approximate surface area is 125 Å². The standard InChI is InChI=1S/C15H16BrNO3/c16-10-3-5-11(6-4-10)17-14(18)12-8-1-2-9(7-8)13(12)15(19)20/h3-6,8-9,12-13H,1-2,7H2,(H,17,18)(H,19,20)/t8-,9+,12+,13+/m1/s1. The van der Waals surface area contributed by atoms with Crippen LogP contribution in [0.3, 0.4) is 0 Å². The minimum Gasteiger partial charge on any atom is -0.481 e. The van der Waals surface area contributed by atoms with Crippen molar-refractivity contribution >= 4 is 33.5 Å². The van der Waals surface area contributed by atoms with E-state index in [0.717, 1.165) is 23.7 Å². The van der Waals surface area contributed by atoms with Crippen LogP contribution < -0.4 is 5.32 Å². The highest BCUT2D eigenvalue weighted by molar-refractivity contribution is 9.10. The molecule has 1 aromatic carbocycles. The molecule has 106 valence electrons. The monoisotopic (exact) mass is 337 g/mol. The molecule has 2 aliphatic rings. The predicted octanol–water partition coefficient (Wildman–Crippen LogP) is 3.13. The second-order valence-corrected chi connectivity index (χ2v) is 6.63. The van der Waals surface area contributed by atoms with Crippen LogP contribution in [0.15, 0.2) is 28.7 Å². The molecule has 2 bridgehead atoms. The summed E-state index contributed by atoms with van der Waals surface area (Å²) in [6.07, 6.45) is 2.81. The number of benzene rings is 1. The van der Waals surface area contributed by atoms with Crippen molar-refractivity contribution in [2.75, 3.05) is 5.32 Å². The molecule has 1 amide bonds. The zero-order valence-corrected chi connectivity index (χ0v) is 12.5. The quantitative estimate of drug-likeness (QED) is 0.890. The highest BCUT2D eigenvalue weighted by Crippen LogP contribution is 2.52. The second kappa shape index (κ2) is 5.20. The Morgan fingerprint density at radius 3 is 2.30 bits per heavy atom. The van der Waals surface area contributed by atoms with Gasteiger partial charge >= 0.3 is 5.97 Å². The summed E-state index contributed by atoms with van der Waals surface area (Å²) in [6, 6.07) is 7.33. The fraction of sp³-hybridized carbons (Fsp3) is 0.467. The SMILES string of the molecule is O=C(O)[C@H]1[C@H]2CC[C@H](C2)[C@@H]1C(=O)Nc1ccc(Br)cc1. The average Bonchev–Trinajstić information content (AvgIpc) is 3.01. The molecule has 1 aromatic rings. The van der Waals surface area contributed by atoms with Crippen molar-refractivity contribution in [3.05, 3.63) is 28.7 Å². The molecule has 5 heteroatoms. The van der Waals surface area contributed by atoms with E-state index in [2.05, 4.69) is 21.2 Å². The molecule has 0 saturated heterocycles. The smallest absolute Gasteiger partial charge is 0.307 e. The van der Waals surface area contributed by atoms with Gasteiger partial charge in [-0.25, -0.2) is 0 Å². The molecule has 0 heterocycles. The van der Waals surface area contributed by atoms with Crippen molar-refractivity contribution in [3.8, 4) is 0 Å². The molecule has 3 rings (SSSR count). The Balaban J connectivity index is 1.76. The van der Waals surface area contributed by atoms with Gasteiger partial charge in [-0.1, -0.05) is 15.9 Å². The number of hydrogen-bond donors (Lipinski definition) is 2. The number of carboxylic acids is 1. The van der Waals surface area contributed by atoms with E-state index in [-0.39, 0.29) is 23.7 Å². The van der Waals surface area contributed by atoms with Crippen LogP contribution >= 0.6 is 15.9 Å². The van der Waals surface area contributed by atoms with E-state index in [0.29, 0.717) is 5.69 Å². The lowest BCUT2D eigenvalue weighted by Gasteiger charge is -2.27. The zero-order valence-electron chi connectivity index (χ0n) is 10.9. The van der Waals surface area contributed by atoms with Crippen LogP contribution in [0.4, 0.5) is 5.69 Å². The number of nitrogens with one attached hydrogen (secondary N) is 1. The molecule has 0 spiro atoms. The average molecular weight is 338 g/mol. The van der Waals surface area contributed by atoms with E-state index in [9.17, 15) is 14.7 Å². The first kappa shape index (κ1) is 13.6. The maximum absolute atomic E-state index is 12.4. The zero-order chi connectivity index (χ0) is 14.3. The molecular formula is C15H16BrNO3. The Hall–Kier alpha value is -1.36. The predicted molar refractivity (Wildman–Crippen MR) is 78.2 cm³/mol. The summed E-state index contributed by atoms with van der Waals surface area (Å²) in [7, 11) is 0. The van der Waals surface area contributed by atoms with Crippen molar-refractivity contribution in [3.63, 3.8) is 0 Å². The van der Waals surface area contributed by atoms with Crippen molar-refractivity contribution in [1.82, 2.24) is 0 Å². The number of aliphatic carboxylic acids is 1. The molecule has 2 aliphatic carbocycles. The highest BCUT2D eigenvalue weighted by Gasteiger charge is 2.53. The van der Waals surface area contributed by atoms with Gasteiger partial charge in [-0.2, -0.15) is 0 Å². The number of carboxylic acid groups (broad SMARTS) is 1. The molecule has 0 aliphatic heterocycles. The molecule has 4 nitrogen and oxygen atoms in total. The van der Waals surface area contributed by atoms with Gasteiger partial charge in [0.2, 0.25) is 5.91 Å². The van der Waals surface area contributed by atoms with Crippen LogP contribution in [-0.4, -0.2) is 17.0 Å². The van der Waals surface area contributed by atoms with E-state index >= 15 is 0 Å². The summed E-state index contributed by atoms with van der Waals surface area (Å²) in [5.74, 6) is -1.45. The van der Waals surface area contributed by atoms with Crippen LogP contribution in [-0.2, 0) is 9.59 Å². The van der Waals surface area contributed by atoms with Crippen LogP contribution in [0.25, 0.3) is 0 Å². The van der Waals surface area contributed by atoms with E-state index in [4.69, 9.17) is 0 Å². The van der Waals surface area contributed by atoms with Crippen molar-refractivity contribution in [2.45, 2.75) is 19.3 Å². The third-order valence-corrected chi connectivity index (χ3v) is 5.14. The summed E-state index contributed by atoms with van der Waals surface area (Å²) in [4.78, 5) is 23.8. The van der Waals surface area contributed by atoms with Crippen molar-refractivity contribution in [1.29, 1.82) is 0 Å². The van der Waals surface area contributed by atoms with E-state index < -0.39 is 11.9 Å². The number of rotatable bonds is 3. The number of halogens is 1. The van der Waals surface area contributed by atoms with Gasteiger partial charge in [0.1, 0.15) is 0 Å². The largest absolute Gasteiger partial charge is 0.481 e. The Morgan fingerprint density at radius 1 is 1.10 bits per heavy atom. The summed E-state index contributed by atoms with van der Waals surface area (Å²) in [6.45, 7) is 0. The lowest BCUT2D eigenvalue weighted by molar-refractivity contribution is -0.148. The van der Waals surface area contributed by atoms with Gasteiger partial charge in [-0.15, -0.1) is 0 Å². The Bertz CT molecular complexity index is 543. The first-order valence-electron chi connectivity index (χ1n) is 6.85. The Morgan fingerprint density at radius 2 is 1.70 bits per heavy atom. The molecule has 2 fully saturated rings. The Kier molecular flexibility index (Phi) is 3.54. The fourth-order valence-corrected chi connectivity index (χ4v) is 4.05. The van der Waals surface area contributed by atoms with Gasteiger partial charge in [-0.3, -0.25) is 9.59 Å². The number of anilines is 1. The van der Waals surface area contributed by atoms with Crippen LogP contribution in [0.5, 0.6) is 0 Å². The fourth-order valence-electron chi connectivity index (χ4n) is 3.78. The van der Waals surface area contributed by atoms with Crippen molar-refractivity contribution < 1.29 is 14.7 Å². The first-order valence-corrected chi connectivity index (χ1v) is 7.65. The molecule has 2 saturated carbocycles. The maximum atomic E-state index is 12.4. The number of carbonyl (C=O) groups is 2. The third-order valence-electron chi connectivity index (χ3n) is 4.62. The molecule has 0 aromatic heterocycles. The third kappa shape index (κ3) is 2.35. The minimum absolute atomic E-state index is 0.146. The summed E-state index contributed by atoms with van der Waals surface area (Å²) < 4.78 is 0.943. The molecule has 20 heavy (non-hydrogen) atoms. The topological polar surface area (TPSA) is 66.4 Å². The minimum atomic E-state index is -0.826. The number of amides is 1. The molecule has 0 radical (unpaired) electrons. The summed E-state index contributed by atoms with van der Waals surface area (Å²) >= 11 is 3.34. The van der Waals surface area contributed by atoms with Gasteiger partial charge in [0.25, 0.3) is 0 Å². The first-order chi connectivity index (χ1) is 9.56. The maximum Gasteiger partial charge on any atom is 0.307 e. The lowest BCUT2D eigenvalue weighted by Crippen LogP contribution is -2.37. The van der Waals surface area contributed by atoms with Gasteiger partial charge < -0.3 is 10.4 Å². The second-order valence-electron chi connectivity index (χ2n) is 5.72.